The number of rotatable bonds is 2. The molecule has 2 saturated heterocycles. The molecule has 2 fully saturated rings. The van der Waals surface area contributed by atoms with Crippen LogP contribution in [0, 0.1) is 0 Å². The van der Waals surface area contributed by atoms with Crippen molar-refractivity contribution in [3.63, 3.8) is 0 Å². The van der Waals surface area contributed by atoms with Gasteiger partial charge in [0, 0.05) is 38.0 Å². The molecule has 1 aromatic heterocycles. The van der Waals surface area contributed by atoms with Gasteiger partial charge in [-0.05, 0) is 12.2 Å². The highest BCUT2D eigenvalue weighted by atomic mass is 35.5. The minimum Gasteiger partial charge on any atom is -0.382 e. The Kier molecular flexibility index (Phi) is 4.00. The lowest BCUT2D eigenvalue weighted by atomic mass is 10.2. The number of hydrogen-bond donors (Lipinski definition) is 1. The number of halogens is 1. The summed E-state index contributed by atoms with van der Waals surface area (Å²) < 4.78 is 0. The summed E-state index contributed by atoms with van der Waals surface area (Å²) in [5.41, 5.74) is 5.73. The van der Waals surface area contributed by atoms with E-state index in [-0.39, 0.29) is 0 Å². The van der Waals surface area contributed by atoms with Crippen LogP contribution < -0.4 is 10.6 Å². The van der Waals surface area contributed by atoms with E-state index in [0.717, 1.165) is 38.0 Å². The van der Waals surface area contributed by atoms with Gasteiger partial charge in [0.05, 0.1) is 0 Å². The van der Waals surface area contributed by atoms with Crippen molar-refractivity contribution in [1.29, 1.82) is 0 Å². The fourth-order valence-electron chi connectivity index (χ4n) is 2.70. The topological polar surface area (TPSA) is 58.3 Å². The molecule has 0 amide bonds. The number of anilines is 2. The molecule has 1 atom stereocenters. The van der Waals surface area contributed by atoms with Gasteiger partial charge in [-0.3, -0.25) is 4.90 Å². The van der Waals surface area contributed by atoms with E-state index < -0.39 is 0 Å². The first-order chi connectivity index (χ1) is 9.25. The smallest absolute Gasteiger partial charge is 0.153 e. The first kappa shape index (κ1) is 13.3. The monoisotopic (exact) mass is 299 g/mol. The molecule has 2 N–H and O–H groups in total. The minimum absolute atomic E-state index is 0.362. The normalized spacial score (nSPS) is 24.9. The van der Waals surface area contributed by atoms with Crippen molar-refractivity contribution in [2.75, 3.05) is 48.3 Å². The number of nitrogens with zero attached hydrogens (tertiary/aromatic N) is 4. The Bertz CT molecular complexity index is 444. The van der Waals surface area contributed by atoms with Crippen LogP contribution in [-0.2, 0) is 0 Å². The highest BCUT2D eigenvalue weighted by Crippen LogP contribution is 2.29. The first-order valence-electron chi connectivity index (χ1n) is 6.58. The Morgan fingerprint density at radius 1 is 1.26 bits per heavy atom. The Balaban J connectivity index is 1.64. The Hall–Kier alpha value is -0.720. The van der Waals surface area contributed by atoms with Crippen LogP contribution in [0.15, 0.2) is 6.33 Å². The second-order valence-corrected chi connectivity index (χ2v) is 6.46. The summed E-state index contributed by atoms with van der Waals surface area (Å²) in [5, 5.41) is 0.479. The summed E-state index contributed by atoms with van der Waals surface area (Å²) in [6.45, 7) is 4.06. The lowest BCUT2D eigenvalue weighted by Gasteiger charge is -2.38. The Morgan fingerprint density at radius 2 is 2.05 bits per heavy atom. The van der Waals surface area contributed by atoms with Gasteiger partial charge in [-0.2, -0.15) is 11.8 Å². The molecular weight excluding hydrogens is 282 g/mol. The standard InChI is InChI=1S/C12H18ClN5S/c13-10-11(14)15-8-16-12(10)18-4-2-17(3-5-18)9-1-6-19-7-9/h8-9H,1-7H2,(H2,14,15,16). The molecule has 0 radical (unpaired) electrons. The molecule has 3 heterocycles. The second kappa shape index (κ2) is 5.73. The molecule has 0 aromatic carbocycles. The van der Waals surface area contributed by atoms with E-state index in [0.29, 0.717) is 10.8 Å². The van der Waals surface area contributed by atoms with Crippen LogP contribution in [0.3, 0.4) is 0 Å². The fraction of sp³-hybridized carbons (Fsp3) is 0.667. The second-order valence-electron chi connectivity index (χ2n) is 4.94. The maximum Gasteiger partial charge on any atom is 0.153 e. The molecule has 2 aliphatic rings. The molecule has 1 unspecified atom stereocenters. The number of aromatic nitrogens is 2. The van der Waals surface area contributed by atoms with Crippen molar-refractivity contribution < 1.29 is 0 Å². The highest BCUT2D eigenvalue weighted by molar-refractivity contribution is 7.99. The van der Waals surface area contributed by atoms with Crippen LogP contribution in [0.2, 0.25) is 5.02 Å². The van der Waals surface area contributed by atoms with Crippen molar-refractivity contribution in [3.8, 4) is 0 Å². The number of nitrogens with two attached hydrogens (primary N) is 1. The third-order valence-electron chi connectivity index (χ3n) is 3.83. The molecule has 2 aliphatic heterocycles. The molecule has 3 rings (SSSR count). The van der Waals surface area contributed by atoms with Gasteiger partial charge < -0.3 is 10.6 Å². The molecule has 0 saturated carbocycles. The minimum atomic E-state index is 0.362. The molecule has 19 heavy (non-hydrogen) atoms. The predicted molar refractivity (Wildman–Crippen MR) is 81.0 cm³/mol. The van der Waals surface area contributed by atoms with Crippen LogP contribution in [0.4, 0.5) is 11.6 Å². The number of piperazine rings is 1. The van der Waals surface area contributed by atoms with Crippen LogP contribution in [0.25, 0.3) is 0 Å². The van der Waals surface area contributed by atoms with E-state index in [2.05, 4.69) is 31.5 Å². The third-order valence-corrected chi connectivity index (χ3v) is 5.34. The zero-order valence-corrected chi connectivity index (χ0v) is 12.3. The van der Waals surface area contributed by atoms with Crippen LogP contribution >= 0.6 is 23.4 Å². The fourth-order valence-corrected chi connectivity index (χ4v) is 4.18. The molecule has 0 bridgehead atoms. The van der Waals surface area contributed by atoms with Crippen molar-refractivity contribution in [2.45, 2.75) is 12.5 Å². The van der Waals surface area contributed by atoms with Gasteiger partial charge in [0.15, 0.2) is 5.82 Å². The summed E-state index contributed by atoms with van der Waals surface area (Å²) >= 11 is 8.25. The van der Waals surface area contributed by atoms with Crippen molar-refractivity contribution in [3.05, 3.63) is 11.3 Å². The number of nitrogen functional groups attached to an aromatic ring is 1. The van der Waals surface area contributed by atoms with Gasteiger partial charge in [0.1, 0.15) is 17.2 Å². The van der Waals surface area contributed by atoms with E-state index in [1.807, 2.05) is 0 Å². The molecule has 7 heteroatoms. The van der Waals surface area contributed by atoms with Crippen molar-refractivity contribution >= 4 is 35.0 Å². The molecule has 5 nitrogen and oxygen atoms in total. The zero-order valence-electron chi connectivity index (χ0n) is 10.8. The van der Waals surface area contributed by atoms with Crippen molar-refractivity contribution in [1.82, 2.24) is 14.9 Å². The predicted octanol–water partition coefficient (Wildman–Crippen LogP) is 1.34. The van der Waals surface area contributed by atoms with Crippen LogP contribution in [0.5, 0.6) is 0 Å². The van der Waals surface area contributed by atoms with Gasteiger partial charge in [0.25, 0.3) is 0 Å². The maximum atomic E-state index is 6.18. The van der Waals surface area contributed by atoms with E-state index in [4.69, 9.17) is 17.3 Å². The average molecular weight is 300 g/mol. The van der Waals surface area contributed by atoms with E-state index in [9.17, 15) is 0 Å². The summed E-state index contributed by atoms with van der Waals surface area (Å²) in [4.78, 5) is 13.0. The summed E-state index contributed by atoms with van der Waals surface area (Å²) in [6.07, 6.45) is 2.81. The summed E-state index contributed by atoms with van der Waals surface area (Å²) in [7, 11) is 0. The Labute approximate surface area is 122 Å². The van der Waals surface area contributed by atoms with Crippen LogP contribution in [-0.4, -0.2) is 58.6 Å². The largest absolute Gasteiger partial charge is 0.382 e. The first-order valence-corrected chi connectivity index (χ1v) is 8.11. The zero-order chi connectivity index (χ0) is 13.2. The third kappa shape index (κ3) is 2.75. The van der Waals surface area contributed by atoms with Gasteiger partial charge >= 0.3 is 0 Å². The quantitative estimate of drug-likeness (QED) is 0.889. The number of thioether (sulfide) groups is 1. The lowest BCUT2D eigenvalue weighted by molar-refractivity contribution is 0.200. The van der Waals surface area contributed by atoms with Crippen LogP contribution in [0.1, 0.15) is 6.42 Å². The molecule has 104 valence electrons. The molecular formula is C12H18ClN5S. The van der Waals surface area contributed by atoms with Gasteiger partial charge in [-0.25, -0.2) is 9.97 Å². The Morgan fingerprint density at radius 3 is 2.74 bits per heavy atom. The van der Waals surface area contributed by atoms with Gasteiger partial charge in [-0.1, -0.05) is 11.6 Å². The SMILES string of the molecule is Nc1ncnc(N2CCN(C3CCSC3)CC2)c1Cl. The van der Waals surface area contributed by atoms with E-state index in [1.54, 1.807) is 0 Å². The van der Waals surface area contributed by atoms with Crippen molar-refractivity contribution in [2.24, 2.45) is 0 Å². The molecule has 0 aliphatic carbocycles. The summed E-state index contributed by atoms with van der Waals surface area (Å²) in [6, 6.07) is 0.762. The maximum absolute atomic E-state index is 6.18. The molecule has 1 aromatic rings. The van der Waals surface area contributed by atoms with Gasteiger partial charge in [-0.15, -0.1) is 0 Å². The van der Waals surface area contributed by atoms with E-state index in [1.165, 1.54) is 24.3 Å². The van der Waals surface area contributed by atoms with Gasteiger partial charge in [0.2, 0.25) is 0 Å². The highest BCUT2D eigenvalue weighted by Gasteiger charge is 2.27. The average Bonchev–Trinajstić information content (AvgIpc) is 2.96. The lowest BCUT2D eigenvalue weighted by Crippen LogP contribution is -2.50. The number of hydrogen-bond acceptors (Lipinski definition) is 6. The van der Waals surface area contributed by atoms with E-state index >= 15 is 0 Å². The summed E-state index contributed by atoms with van der Waals surface area (Å²) in [5.74, 6) is 3.72. The molecule has 0 spiro atoms.